The second-order valence-electron chi connectivity index (χ2n) is 6.60. The molecule has 0 radical (unpaired) electrons. The van der Waals surface area contributed by atoms with Crippen LogP contribution < -0.4 is 10.2 Å². The first-order valence-corrected chi connectivity index (χ1v) is 8.65. The van der Waals surface area contributed by atoms with E-state index in [4.69, 9.17) is 4.98 Å². The number of hydrogen-bond acceptors (Lipinski definition) is 4. The summed E-state index contributed by atoms with van der Waals surface area (Å²) in [5, 5.41) is 3.36. The van der Waals surface area contributed by atoms with Crippen molar-refractivity contribution in [3.8, 4) is 0 Å². The predicted molar refractivity (Wildman–Crippen MR) is 87.9 cm³/mol. The van der Waals surface area contributed by atoms with E-state index in [1.807, 2.05) is 0 Å². The molecule has 2 saturated carbocycles. The van der Waals surface area contributed by atoms with Crippen molar-refractivity contribution in [2.45, 2.75) is 52.4 Å². The Morgan fingerprint density at radius 2 is 1.76 bits per heavy atom. The highest BCUT2D eigenvalue weighted by Crippen LogP contribution is 2.35. The average molecular weight is 288 g/mol. The molecule has 4 heteroatoms. The normalized spacial score (nSPS) is 17.8. The molecule has 0 aliphatic heterocycles. The Kier molecular flexibility index (Phi) is 4.61. The summed E-state index contributed by atoms with van der Waals surface area (Å²) >= 11 is 0. The molecule has 116 valence electrons. The van der Waals surface area contributed by atoms with Gasteiger partial charge in [-0.05, 0) is 50.9 Å². The summed E-state index contributed by atoms with van der Waals surface area (Å²) < 4.78 is 0. The molecule has 2 fully saturated rings. The monoisotopic (exact) mass is 288 g/mol. The van der Waals surface area contributed by atoms with Gasteiger partial charge in [0.05, 0.1) is 0 Å². The van der Waals surface area contributed by atoms with Crippen LogP contribution in [0, 0.1) is 11.8 Å². The lowest BCUT2D eigenvalue weighted by atomic mass is 10.3. The van der Waals surface area contributed by atoms with Gasteiger partial charge in [0.2, 0.25) is 0 Å². The van der Waals surface area contributed by atoms with Crippen LogP contribution in [-0.2, 0) is 6.42 Å². The molecule has 0 saturated heterocycles. The maximum atomic E-state index is 4.84. The first kappa shape index (κ1) is 14.6. The van der Waals surface area contributed by atoms with Crippen LogP contribution in [0.2, 0.25) is 0 Å². The Morgan fingerprint density at radius 1 is 1.10 bits per heavy atom. The SMILES string of the molecule is CCCc1nc(NCC)cc(N(CC2CC2)CC2CC2)n1. The first-order chi connectivity index (χ1) is 10.3. The minimum atomic E-state index is 0.899. The van der Waals surface area contributed by atoms with E-state index in [-0.39, 0.29) is 0 Å². The molecule has 0 bridgehead atoms. The quantitative estimate of drug-likeness (QED) is 0.755. The Morgan fingerprint density at radius 3 is 2.29 bits per heavy atom. The Labute approximate surface area is 128 Å². The molecule has 0 spiro atoms. The summed E-state index contributed by atoms with van der Waals surface area (Å²) in [5.74, 6) is 4.92. The van der Waals surface area contributed by atoms with E-state index in [0.29, 0.717) is 0 Å². The molecule has 1 N–H and O–H groups in total. The summed E-state index contributed by atoms with van der Waals surface area (Å²) in [6.07, 6.45) is 7.65. The van der Waals surface area contributed by atoms with Crippen molar-refractivity contribution >= 4 is 11.6 Å². The number of nitrogens with one attached hydrogen (secondary N) is 1. The van der Waals surface area contributed by atoms with E-state index in [0.717, 1.165) is 48.7 Å². The van der Waals surface area contributed by atoms with Crippen LogP contribution in [0.4, 0.5) is 11.6 Å². The lowest BCUT2D eigenvalue weighted by Crippen LogP contribution is -2.29. The van der Waals surface area contributed by atoms with Crippen LogP contribution >= 0.6 is 0 Å². The van der Waals surface area contributed by atoms with Gasteiger partial charge >= 0.3 is 0 Å². The fourth-order valence-electron chi connectivity index (χ4n) is 2.74. The standard InChI is InChI=1S/C17H28N4/c1-3-5-15-19-16(18-4-2)10-17(20-15)21(11-13-6-7-13)12-14-8-9-14/h10,13-14H,3-9,11-12H2,1-2H3,(H,18,19,20). The zero-order valence-corrected chi connectivity index (χ0v) is 13.4. The van der Waals surface area contributed by atoms with Crippen molar-refractivity contribution in [1.82, 2.24) is 9.97 Å². The maximum absolute atomic E-state index is 4.84. The summed E-state index contributed by atoms with van der Waals surface area (Å²) in [5.41, 5.74) is 0. The Balaban J connectivity index is 1.80. The zero-order chi connectivity index (χ0) is 14.7. The maximum Gasteiger partial charge on any atom is 0.134 e. The summed E-state index contributed by atoms with van der Waals surface area (Å²) in [6.45, 7) is 7.59. The molecular weight excluding hydrogens is 260 g/mol. The van der Waals surface area contributed by atoms with Crippen molar-refractivity contribution in [1.29, 1.82) is 0 Å². The van der Waals surface area contributed by atoms with Crippen molar-refractivity contribution in [3.63, 3.8) is 0 Å². The topological polar surface area (TPSA) is 41.1 Å². The zero-order valence-electron chi connectivity index (χ0n) is 13.4. The number of aryl methyl sites for hydroxylation is 1. The molecule has 0 unspecified atom stereocenters. The highest BCUT2D eigenvalue weighted by Gasteiger charge is 2.30. The van der Waals surface area contributed by atoms with Gasteiger partial charge in [0.15, 0.2) is 0 Å². The molecule has 0 atom stereocenters. The molecular formula is C17H28N4. The molecule has 1 heterocycles. The first-order valence-electron chi connectivity index (χ1n) is 8.65. The van der Waals surface area contributed by atoms with E-state index in [2.05, 4.69) is 35.1 Å². The third-order valence-corrected chi connectivity index (χ3v) is 4.27. The number of rotatable bonds is 9. The van der Waals surface area contributed by atoms with Crippen LogP contribution in [0.5, 0.6) is 0 Å². The third kappa shape index (κ3) is 4.32. The fourth-order valence-corrected chi connectivity index (χ4v) is 2.74. The fraction of sp³-hybridized carbons (Fsp3) is 0.765. The molecule has 3 rings (SSSR count). The van der Waals surface area contributed by atoms with Crippen LogP contribution in [-0.4, -0.2) is 29.6 Å². The van der Waals surface area contributed by atoms with Gasteiger partial charge in [-0.25, -0.2) is 9.97 Å². The van der Waals surface area contributed by atoms with E-state index in [1.165, 1.54) is 38.8 Å². The lowest BCUT2D eigenvalue weighted by Gasteiger charge is -2.24. The van der Waals surface area contributed by atoms with Crippen LogP contribution in [0.1, 0.15) is 51.8 Å². The second-order valence-corrected chi connectivity index (χ2v) is 6.60. The van der Waals surface area contributed by atoms with Crippen LogP contribution in [0.15, 0.2) is 6.07 Å². The summed E-state index contributed by atoms with van der Waals surface area (Å²) in [4.78, 5) is 12.0. The number of aromatic nitrogens is 2. The number of nitrogens with zero attached hydrogens (tertiary/aromatic N) is 3. The van der Waals surface area contributed by atoms with Crippen molar-refractivity contribution in [3.05, 3.63) is 11.9 Å². The van der Waals surface area contributed by atoms with E-state index in [1.54, 1.807) is 0 Å². The van der Waals surface area contributed by atoms with Gasteiger partial charge < -0.3 is 10.2 Å². The third-order valence-electron chi connectivity index (χ3n) is 4.27. The van der Waals surface area contributed by atoms with E-state index in [9.17, 15) is 0 Å². The molecule has 1 aromatic rings. The van der Waals surface area contributed by atoms with Crippen molar-refractivity contribution < 1.29 is 0 Å². The van der Waals surface area contributed by atoms with E-state index < -0.39 is 0 Å². The Bertz CT molecular complexity index is 428. The van der Waals surface area contributed by atoms with E-state index >= 15 is 0 Å². The van der Waals surface area contributed by atoms with Crippen LogP contribution in [0.3, 0.4) is 0 Å². The highest BCUT2D eigenvalue weighted by atomic mass is 15.2. The highest BCUT2D eigenvalue weighted by molar-refractivity contribution is 5.50. The minimum absolute atomic E-state index is 0.899. The Hall–Kier alpha value is -1.32. The predicted octanol–water partition coefficient (Wildman–Crippen LogP) is 3.49. The summed E-state index contributed by atoms with van der Waals surface area (Å²) in [6, 6.07) is 2.15. The smallest absolute Gasteiger partial charge is 0.134 e. The molecule has 4 nitrogen and oxygen atoms in total. The van der Waals surface area contributed by atoms with Gasteiger partial charge in [0.25, 0.3) is 0 Å². The number of anilines is 2. The lowest BCUT2D eigenvalue weighted by molar-refractivity contribution is 0.666. The van der Waals surface area contributed by atoms with Crippen molar-refractivity contribution in [2.75, 3.05) is 29.9 Å². The minimum Gasteiger partial charge on any atom is -0.370 e. The van der Waals surface area contributed by atoms with Gasteiger partial charge in [0.1, 0.15) is 17.5 Å². The largest absolute Gasteiger partial charge is 0.370 e. The molecule has 1 aromatic heterocycles. The average Bonchev–Trinajstić information content (AvgIpc) is 3.34. The molecule has 0 amide bonds. The van der Waals surface area contributed by atoms with Gasteiger partial charge in [-0.1, -0.05) is 6.92 Å². The molecule has 2 aliphatic rings. The summed E-state index contributed by atoms with van der Waals surface area (Å²) in [7, 11) is 0. The molecule has 0 aromatic carbocycles. The van der Waals surface area contributed by atoms with Crippen molar-refractivity contribution in [2.24, 2.45) is 11.8 Å². The van der Waals surface area contributed by atoms with Crippen LogP contribution in [0.25, 0.3) is 0 Å². The molecule has 2 aliphatic carbocycles. The van der Waals surface area contributed by atoms with Gasteiger partial charge in [-0.15, -0.1) is 0 Å². The van der Waals surface area contributed by atoms with Gasteiger partial charge in [-0.3, -0.25) is 0 Å². The van der Waals surface area contributed by atoms with Gasteiger partial charge in [-0.2, -0.15) is 0 Å². The second kappa shape index (κ2) is 6.63. The van der Waals surface area contributed by atoms with Gasteiger partial charge in [0, 0.05) is 32.1 Å². The number of hydrogen-bond donors (Lipinski definition) is 1. The molecule has 21 heavy (non-hydrogen) atoms.